The second kappa shape index (κ2) is 5.77. The third-order valence-corrected chi connectivity index (χ3v) is 3.68. The Labute approximate surface area is 109 Å². The number of aromatic nitrogens is 2. The molecule has 0 aromatic carbocycles. The van der Waals surface area contributed by atoms with Gasteiger partial charge < -0.3 is 10.4 Å². The minimum Gasteiger partial charge on any atom is -0.481 e. The summed E-state index contributed by atoms with van der Waals surface area (Å²) in [5.74, 6) is 0.142. The van der Waals surface area contributed by atoms with Gasteiger partial charge in [-0.2, -0.15) is 0 Å². The molecule has 2 N–H and O–H groups in total. The van der Waals surface area contributed by atoms with Crippen molar-refractivity contribution in [3.05, 3.63) is 17.8 Å². The van der Waals surface area contributed by atoms with Gasteiger partial charge in [0.05, 0.1) is 5.39 Å². The molecule has 96 valence electrons. The van der Waals surface area contributed by atoms with Crippen LogP contribution in [-0.4, -0.2) is 27.6 Å². The van der Waals surface area contributed by atoms with Crippen LogP contribution >= 0.6 is 11.3 Å². The van der Waals surface area contributed by atoms with Gasteiger partial charge in [-0.3, -0.25) is 4.79 Å². The molecule has 0 saturated carbocycles. The molecule has 2 heterocycles. The Kier molecular flexibility index (Phi) is 4.09. The van der Waals surface area contributed by atoms with Gasteiger partial charge in [-0.25, -0.2) is 9.97 Å². The van der Waals surface area contributed by atoms with Crippen LogP contribution in [0.3, 0.4) is 0 Å². The first-order valence-corrected chi connectivity index (χ1v) is 6.72. The highest BCUT2D eigenvalue weighted by molar-refractivity contribution is 7.16. The third-order valence-electron chi connectivity index (χ3n) is 2.86. The summed E-state index contributed by atoms with van der Waals surface area (Å²) in [6.07, 6.45) is 2.54. The topological polar surface area (TPSA) is 75.1 Å². The second-order valence-electron chi connectivity index (χ2n) is 4.11. The molecule has 2 aromatic heterocycles. The van der Waals surface area contributed by atoms with E-state index in [0.717, 1.165) is 22.5 Å². The van der Waals surface area contributed by atoms with E-state index in [0.29, 0.717) is 6.54 Å². The predicted molar refractivity (Wildman–Crippen MR) is 71.9 cm³/mol. The molecule has 0 fully saturated rings. The number of carboxylic acid groups (broad SMARTS) is 1. The van der Waals surface area contributed by atoms with Crippen molar-refractivity contribution in [2.45, 2.75) is 19.8 Å². The first-order valence-electron chi connectivity index (χ1n) is 5.84. The number of fused-ring (bicyclic) bond motifs is 1. The monoisotopic (exact) mass is 265 g/mol. The summed E-state index contributed by atoms with van der Waals surface area (Å²) in [6.45, 7) is 2.61. The zero-order valence-corrected chi connectivity index (χ0v) is 10.9. The Bertz CT molecular complexity index is 541. The molecule has 18 heavy (non-hydrogen) atoms. The molecule has 0 bridgehead atoms. The Morgan fingerprint density at radius 1 is 1.56 bits per heavy atom. The van der Waals surface area contributed by atoms with Gasteiger partial charge in [0.25, 0.3) is 0 Å². The first kappa shape index (κ1) is 12.8. The maximum Gasteiger partial charge on any atom is 0.303 e. The van der Waals surface area contributed by atoms with E-state index in [4.69, 9.17) is 5.11 Å². The van der Waals surface area contributed by atoms with E-state index in [1.54, 1.807) is 11.3 Å². The molecule has 5 nitrogen and oxygen atoms in total. The SMILES string of the molecule is CCC(CNc1ncnc2sccc12)CC(=O)O. The molecule has 2 aromatic rings. The van der Waals surface area contributed by atoms with Crippen LogP contribution in [-0.2, 0) is 4.79 Å². The number of anilines is 1. The van der Waals surface area contributed by atoms with Crippen LogP contribution in [0.15, 0.2) is 17.8 Å². The number of carbonyl (C=O) groups is 1. The molecule has 0 aliphatic heterocycles. The van der Waals surface area contributed by atoms with Crippen molar-refractivity contribution in [2.24, 2.45) is 5.92 Å². The van der Waals surface area contributed by atoms with Crippen molar-refractivity contribution < 1.29 is 9.90 Å². The van der Waals surface area contributed by atoms with Crippen molar-refractivity contribution in [3.8, 4) is 0 Å². The quantitative estimate of drug-likeness (QED) is 0.839. The van der Waals surface area contributed by atoms with E-state index in [9.17, 15) is 4.79 Å². The minimum absolute atomic E-state index is 0.117. The summed E-state index contributed by atoms with van der Waals surface area (Å²) in [6, 6.07) is 1.97. The van der Waals surface area contributed by atoms with Gasteiger partial charge in [-0.1, -0.05) is 13.3 Å². The van der Waals surface area contributed by atoms with E-state index in [1.165, 1.54) is 6.33 Å². The average Bonchev–Trinajstić information content (AvgIpc) is 2.82. The van der Waals surface area contributed by atoms with Gasteiger partial charge in [0.1, 0.15) is 17.0 Å². The van der Waals surface area contributed by atoms with Crippen LogP contribution < -0.4 is 5.32 Å². The van der Waals surface area contributed by atoms with Crippen molar-refractivity contribution >= 4 is 33.3 Å². The number of hydrogen-bond acceptors (Lipinski definition) is 5. The zero-order valence-electron chi connectivity index (χ0n) is 10.1. The van der Waals surface area contributed by atoms with Gasteiger partial charge in [-0.05, 0) is 17.4 Å². The molecule has 1 unspecified atom stereocenters. The molecule has 0 aliphatic carbocycles. The van der Waals surface area contributed by atoms with Crippen LogP contribution in [0.1, 0.15) is 19.8 Å². The lowest BCUT2D eigenvalue weighted by Crippen LogP contribution is -2.17. The molecule has 1 atom stereocenters. The Hall–Kier alpha value is -1.69. The van der Waals surface area contributed by atoms with Crippen LogP contribution in [0.5, 0.6) is 0 Å². The van der Waals surface area contributed by atoms with Crippen molar-refractivity contribution in [1.82, 2.24) is 9.97 Å². The Morgan fingerprint density at radius 2 is 2.39 bits per heavy atom. The van der Waals surface area contributed by atoms with Crippen LogP contribution in [0.25, 0.3) is 10.2 Å². The van der Waals surface area contributed by atoms with Crippen molar-refractivity contribution in [2.75, 3.05) is 11.9 Å². The predicted octanol–water partition coefficient (Wildman–Crippen LogP) is 2.60. The summed E-state index contributed by atoms with van der Waals surface area (Å²) in [7, 11) is 0. The lowest BCUT2D eigenvalue weighted by Gasteiger charge is -2.14. The lowest BCUT2D eigenvalue weighted by molar-refractivity contribution is -0.138. The maximum atomic E-state index is 10.7. The van der Waals surface area contributed by atoms with E-state index in [2.05, 4.69) is 15.3 Å². The molecule has 0 radical (unpaired) electrons. The largest absolute Gasteiger partial charge is 0.481 e. The highest BCUT2D eigenvalue weighted by atomic mass is 32.1. The zero-order chi connectivity index (χ0) is 13.0. The van der Waals surface area contributed by atoms with Gasteiger partial charge in [0.2, 0.25) is 0 Å². The molecule has 0 aliphatic rings. The standard InChI is InChI=1S/C12H15N3O2S/c1-2-8(5-10(16)17)6-13-11-9-3-4-18-12(9)15-7-14-11/h3-4,7-8H,2,5-6H2,1H3,(H,16,17)(H,13,14,15). The van der Waals surface area contributed by atoms with Gasteiger partial charge in [0, 0.05) is 13.0 Å². The smallest absolute Gasteiger partial charge is 0.303 e. The molecular weight excluding hydrogens is 250 g/mol. The normalized spacial score (nSPS) is 12.5. The Morgan fingerprint density at radius 3 is 3.11 bits per heavy atom. The molecule has 6 heteroatoms. The van der Waals surface area contributed by atoms with E-state index >= 15 is 0 Å². The number of rotatable bonds is 6. The second-order valence-corrected chi connectivity index (χ2v) is 5.01. The Balaban J connectivity index is 2.05. The average molecular weight is 265 g/mol. The summed E-state index contributed by atoms with van der Waals surface area (Å²) in [5.41, 5.74) is 0. The third kappa shape index (κ3) is 2.95. The van der Waals surface area contributed by atoms with E-state index in [-0.39, 0.29) is 12.3 Å². The number of carboxylic acids is 1. The molecule has 2 rings (SSSR count). The number of aliphatic carboxylic acids is 1. The summed E-state index contributed by atoms with van der Waals surface area (Å²) in [5, 5.41) is 15.0. The van der Waals surface area contributed by atoms with Crippen molar-refractivity contribution in [1.29, 1.82) is 0 Å². The van der Waals surface area contributed by atoms with Gasteiger partial charge in [0.15, 0.2) is 0 Å². The lowest BCUT2D eigenvalue weighted by atomic mass is 10.0. The van der Waals surface area contributed by atoms with E-state index in [1.807, 2.05) is 18.4 Å². The van der Waals surface area contributed by atoms with Gasteiger partial charge >= 0.3 is 5.97 Å². The highest BCUT2D eigenvalue weighted by Gasteiger charge is 2.12. The summed E-state index contributed by atoms with van der Waals surface area (Å²) in [4.78, 5) is 20.0. The minimum atomic E-state index is -0.757. The first-order chi connectivity index (χ1) is 8.70. The number of thiophene rings is 1. The fourth-order valence-corrected chi connectivity index (χ4v) is 2.51. The summed E-state index contributed by atoms with van der Waals surface area (Å²) >= 11 is 1.57. The molecular formula is C12H15N3O2S. The maximum absolute atomic E-state index is 10.7. The number of hydrogen-bond donors (Lipinski definition) is 2. The highest BCUT2D eigenvalue weighted by Crippen LogP contribution is 2.24. The molecule has 0 spiro atoms. The molecule has 0 saturated heterocycles. The fraction of sp³-hybridized carbons (Fsp3) is 0.417. The van der Waals surface area contributed by atoms with Crippen LogP contribution in [0.4, 0.5) is 5.82 Å². The number of nitrogens with zero attached hydrogens (tertiary/aromatic N) is 2. The van der Waals surface area contributed by atoms with Gasteiger partial charge in [-0.15, -0.1) is 11.3 Å². The van der Waals surface area contributed by atoms with E-state index < -0.39 is 5.97 Å². The fourth-order valence-electron chi connectivity index (χ4n) is 1.78. The summed E-state index contributed by atoms with van der Waals surface area (Å²) < 4.78 is 0. The van der Waals surface area contributed by atoms with Crippen molar-refractivity contribution in [3.63, 3.8) is 0 Å². The van der Waals surface area contributed by atoms with Crippen LogP contribution in [0, 0.1) is 5.92 Å². The number of nitrogens with one attached hydrogen (secondary N) is 1. The molecule has 0 amide bonds. The van der Waals surface area contributed by atoms with Crippen LogP contribution in [0.2, 0.25) is 0 Å².